The Labute approximate surface area is 88.5 Å². The summed E-state index contributed by atoms with van der Waals surface area (Å²) in [5.41, 5.74) is 0. The van der Waals surface area contributed by atoms with E-state index in [1.807, 2.05) is 6.08 Å². The minimum Gasteiger partial charge on any atom is -0.300 e. The fraction of sp³-hybridized carbons (Fsp3) is 0.692. The molecule has 0 amide bonds. The van der Waals surface area contributed by atoms with Crippen LogP contribution in [-0.4, -0.2) is 24.5 Å². The van der Waals surface area contributed by atoms with Crippen molar-refractivity contribution in [1.29, 1.82) is 0 Å². The maximum absolute atomic E-state index is 3.72. The largest absolute Gasteiger partial charge is 0.300 e. The van der Waals surface area contributed by atoms with Gasteiger partial charge in [-0.3, -0.25) is 4.90 Å². The van der Waals surface area contributed by atoms with Gasteiger partial charge in [0, 0.05) is 6.54 Å². The van der Waals surface area contributed by atoms with Gasteiger partial charge in [-0.25, -0.2) is 0 Å². The van der Waals surface area contributed by atoms with Crippen molar-refractivity contribution in [3.8, 4) is 0 Å². The third-order valence-electron chi connectivity index (χ3n) is 2.76. The number of hydrogen-bond acceptors (Lipinski definition) is 1. The van der Waals surface area contributed by atoms with Gasteiger partial charge in [-0.2, -0.15) is 0 Å². The van der Waals surface area contributed by atoms with Gasteiger partial charge < -0.3 is 0 Å². The molecular formula is C13H23N. The molecular weight excluding hydrogens is 170 g/mol. The number of likely N-dealkylation sites (tertiary alicyclic amines) is 1. The van der Waals surface area contributed by atoms with E-state index >= 15 is 0 Å². The van der Waals surface area contributed by atoms with Crippen molar-refractivity contribution in [2.24, 2.45) is 0 Å². The Bertz CT molecular complexity index is 166. The van der Waals surface area contributed by atoms with E-state index in [0.29, 0.717) is 0 Å². The molecule has 1 saturated heterocycles. The summed E-state index contributed by atoms with van der Waals surface area (Å²) in [6.45, 7) is 7.49. The fourth-order valence-corrected chi connectivity index (χ4v) is 1.86. The third-order valence-corrected chi connectivity index (χ3v) is 2.76. The summed E-state index contributed by atoms with van der Waals surface area (Å²) < 4.78 is 0. The lowest BCUT2D eigenvalue weighted by Crippen LogP contribution is -2.29. The van der Waals surface area contributed by atoms with E-state index < -0.39 is 0 Å². The lowest BCUT2D eigenvalue weighted by Gasteiger charge is -2.24. The minimum atomic E-state index is 1.15. The van der Waals surface area contributed by atoms with E-state index in [1.54, 1.807) is 0 Å². The van der Waals surface area contributed by atoms with Gasteiger partial charge in [-0.05, 0) is 45.2 Å². The van der Waals surface area contributed by atoms with Crippen LogP contribution in [0.2, 0.25) is 0 Å². The van der Waals surface area contributed by atoms with Crippen molar-refractivity contribution in [1.82, 2.24) is 4.90 Å². The molecule has 1 nitrogen and oxygen atoms in total. The van der Waals surface area contributed by atoms with Gasteiger partial charge in [-0.15, -0.1) is 6.58 Å². The average Bonchev–Trinajstić information content (AvgIpc) is 2.25. The van der Waals surface area contributed by atoms with Gasteiger partial charge in [0.1, 0.15) is 0 Å². The topological polar surface area (TPSA) is 3.24 Å². The third kappa shape index (κ3) is 5.23. The molecule has 0 aliphatic carbocycles. The van der Waals surface area contributed by atoms with E-state index in [4.69, 9.17) is 0 Å². The molecule has 0 unspecified atom stereocenters. The second kappa shape index (κ2) is 7.81. The monoisotopic (exact) mass is 193 g/mol. The molecule has 80 valence electrons. The zero-order chi connectivity index (χ0) is 10.1. The summed E-state index contributed by atoms with van der Waals surface area (Å²) in [5, 5.41) is 0. The Morgan fingerprint density at radius 1 is 1.00 bits per heavy atom. The van der Waals surface area contributed by atoms with Gasteiger partial charge in [0.25, 0.3) is 0 Å². The van der Waals surface area contributed by atoms with Crippen molar-refractivity contribution in [2.75, 3.05) is 19.6 Å². The number of piperidine rings is 1. The molecule has 0 saturated carbocycles. The predicted molar refractivity (Wildman–Crippen MR) is 63.5 cm³/mol. The lowest BCUT2D eigenvalue weighted by atomic mass is 10.1. The molecule has 0 spiro atoms. The Balaban J connectivity index is 1.97. The first-order valence-electron chi connectivity index (χ1n) is 5.92. The maximum Gasteiger partial charge on any atom is 0.0163 e. The molecule has 1 aliphatic heterocycles. The Morgan fingerprint density at radius 3 is 2.50 bits per heavy atom. The standard InChI is InChI=1S/C13H23N/c1-2-3-4-5-6-8-11-14-12-9-7-10-13-14/h2,6,8H,1,3-5,7,9-13H2. The number of nitrogens with zero attached hydrogens (tertiary/aromatic N) is 1. The van der Waals surface area contributed by atoms with Crippen LogP contribution in [0.1, 0.15) is 38.5 Å². The molecule has 0 aromatic rings. The van der Waals surface area contributed by atoms with Crippen LogP contribution < -0.4 is 0 Å². The molecule has 0 N–H and O–H groups in total. The van der Waals surface area contributed by atoms with Crippen LogP contribution in [0.3, 0.4) is 0 Å². The first kappa shape index (κ1) is 11.5. The van der Waals surface area contributed by atoms with E-state index in [0.717, 1.165) is 13.0 Å². The van der Waals surface area contributed by atoms with E-state index in [2.05, 4.69) is 23.6 Å². The molecule has 0 aromatic heterocycles. The molecule has 1 fully saturated rings. The highest BCUT2D eigenvalue weighted by atomic mass is 15.1. The average molecular weight is 193 g/mol. The van der Waals surface area contributed by atoms with Crippen molar-refractivity contribution in [3.05, 3.63) is 24.8 Å². The number of hydrogen-bond donors (Lipinski definition) is 0. The summed E-state index contributed by atoms with van der Waals surface area (Å²) in [4.78, 5) is 2.55. The van der Waals surface area contributed by atoms with Gasteiger partial charge in [0.05, 0.1) is 0 Å². The molecule has 0 atom stereocenters. The van der Waals surface area contributed by atoms with Gasteiger partial charge in [0.2, 0.25) is 0 Å². The van der Waals surface area contributed by atoms with Crippen LogP contribution in [0, 0.1) is 0 Å². The van der Waals surface area contributed by atoms with Gasteiger partial charge >= 0.3 is 0 Å². The van der Waals surface area contributed by atoms with E-state index in [9.17, 15) is 0 Å². The Hall–Kier alpha value is -0.560. The molecule has 1 heterocycles. The molecule has 0 radical (unpaired) electrons. The Kier molecular flexibility index (Phi) is 6.42. The summed E-state index contributed by atoms with van der Waals surface area (Å²) >= 11 is 0. The SMILES string of the molecule is C=CCCCC=CCN1CCCCC1. The Morgan fingerprint density at radius 2 is 1.79 bits per heavy atom. The van der Waals surface area contributed by atoms with Gasteiger partial charge in [0.15, 0.2) is 0 Å². The highest BCUT2D eigenvalue weighted by Crippen LogP contribution is 2.08. The number of allylic oxidation sites excluding steroid dienone is 2. The molecule has 1 rings (SSSR count). The van der Waals surface area contributed by atoms with Crippen molar-refractivity contribution >= 4 is 0 Å². The highest BCUT2D eigenvalue weighted by Gasteiger charge is 2.06. The second-order valence-corrected chi connectivity index (χ2v) is 4.05. The van der Waals surface area contributed by atoms with E-state index in [-0.39, 0.29) is 0 Å². The van der Waals surface area contributed by atoms with Crippen LogP contribution in [0.25, 0.3) is 0 Å². The minimum absolute atomic E-state index is 1.15. The number of rotatable bonds is 6. The zero-order valence-corrected chi connectivity index (χ0v) is 9.25. The normalized spacial score (nSPS) is 18.9. The van der Waals surface area contributed by atoms with Crippen molar-refractivity contribution in [2.45, 2.75) is 38.5 Å². The smallest absolute Gasteiger partial charge is 0.0163 e. The second-order valence-electron chi connectivity index (χ2n) is 4.05. The molecule has 1 heteroatoms. The summed E-state index contributed by atoms with van der Waals surface area (Å²) in [6.07, 6.45) is 14.5. The van der Waals surface area contributed by atoms with Crippen molar-refractivity contribution < 1.29 is 0 Å². The number of unbranched alkanes of at least 4 members (excludes halogenated alkanes) is 2. The summed E-state index contributed by atoms with van der Waals surface area (Å²) in [7, 11) is 0. The van der Waals surface area contributed by atoms with Gasteiger partial charge in [-0.1, -0.05) is 24.6 Å². The highest BCUT2D eigenvalue weighted by molar-refractivity contribution is 4.86. The lowest BCUT2D eigenvalue weighted by molar-refractivity contribution is 0.251. The summed E-state index contributed by atoms with van der Waals surface area (Å²) in [5.74, 6) is 0. The van der Waals surface area contributed by atoms with Crippen LogP contribution in [0.15, 0.2) is 24.8 Å². The van der Waals surface area contributed by atoms with Crippen LogP contribution >= 0.6 is 0 Å². The molecule has 1 aliphatic rings. The van der Waals surface area contributed by atoms with Crippen LogP contribution in [-0.2, 0) is 0 Å². The maximum atomic E-state index is 3.72. The molecule has 0 aromatic carbocycles. The van der Waals surface area contributed by atoms with Crippen LogP contribution in [0.4, 0.5) is 0 Å². The summed E-state index contributed by atoms with van der Waals surface area (Å²) in [6, 6.07) is 0. The molecule has 0 bridgehead atoms. The first-order chi connectivity index (χ1) is 6.93. The molecule has 14 heavy (non-hydrogen) atoms. The predicted octanol–water partition coefficient (Wildman–Crippen LogP) is 3.38. The zero-order valence-electron chi connectivity index (χ0n) is 9.25. The van der Waals surface area contributed by atoms with Crippen LogP contribution in [0.5, 0.6) is 0 Å². The first-order valence-corrected chi connectivity index (χ1v) is 5.92. The fourth-order valence-electron chi connectivity index (χ4n) is 1.86. The van der Waals surface area contributed by atoms with Crippen molar-refractivity contribution in [3.63, 3.8) is 0 Å². The quantitative estimate of drug-likeness (QED) is 0.462. The van der Waals surface area contributed by atoms with E-state index in [1.165, 1.54) is 45.2 Å².